The third kappa shape index (κ3) is 6.43. The van der Waals surface area contributed by atoms with E-state index in [1.165, 1.54) is 6.07 Å². The fraction of sp³-hybridized carbons (Fsp3) is 0.757. The van der Waals surface area contributed by atoms with Crippen LogP contribution in [0.25, 0.3) is 0 Å². The molecule has 0 unspecified atom stereocenters. The van der Waals surface area contributed by atoms with Crippen molar-refractivity contribution in [1.82, 2.24) is 5.32 Å². The van der Waals surface area contributed by atoms with E-state index in [-0.39, 0.29) is 71.8 Å². The molecule has 1 spiro atoms. The first kappa shape index (κ1) is 35.6. The number of amides is 2. The molecule has 0 radical (unpaired) electrons. The largest absolute Gasteiger partial charge is 0.480 e. The minimum Gasteiger partial charge on any atom is -0.480 e. The van der Waals surface area contributed by atoms with E-state index in [4.69, 9.17) is 19.6 Å². The first-order chi connectivity index (χ1) is 23.2. The Morgan fingerprint density at radius 3 is 2.39 bits per heavy atom. The van der Waals surface area contributed by atoms with Gasteiger partial charge in [0.1, 0.15) is 17.7 Å². The molecule has 5 N–H and O–H groups in total. The van der Waals surface area contributed by atoms with Gasteiger partial charge < -0.3 is 35.2 Å². The zero-order valence-corrected chi connectivity index (χ0v) is 28.7. The number of unbranched alkanes of at least 4 members (excludes halogenated alkanes) is 3. The predicted molar refractivity (Wildman–Crippen MR) is 176 cm³/mol. The van der Waals surface area contributed by atoms with Crippen LogP contribution in [-0.4, -0.2) is 63.4 Å². The molecule has 1 aromatic heterocycles. The van der Waals surface area contributed by atoms with E-state index in [9.17, 15) is 34.2 Å². The summed E-state index contributed by atoms with van der Waals surface area (Å²) in [7, 11) is 0. The summed E-state index contributed by atoms with van der Waals surface area (Å²) < 4.78 is 17.8. The highest BCUT2D eigenvalue weighted by Gasteiger charge is 2.81. The Morgan fingerprint density at radius 1 is 0.980 bits per heavy atom. The molecule has 0 bridgehead atoms. The van der Waals surface area contributed by atoms with Crippen LogP contribution < -0.4 is 16.7 Å². The van der Waals surface area contributed by atoms with Crippen LogP contribution in [0.15, 0.2) is 27.6 Å². The lowest BCUT2D eigenvalue weighted by Crippen LogP contribution is -2.65. The van der Waals surface area contributed by atoms with Gasteiger partial charge in [-0.1, -0.05) is 26.7 Å². The molecule has 270 valence electrons. The van der Waals surface area contributed by atoms with Gasteiger partial charge >= 0.3 is 17.6 Å². The number of aliphatic hydroxyl groups is 1. The minimum absolute atomic E-state index is 0.0495. The zero-order chi connectivity index (χ0) is 35.2. The van der Waals surface area contributed by atoms with Crippen LogP contribution in [0.2, 0.25) is 0 Å². The first-order valence-electron chi connectivity index (χ1n) is 18.2. The number of carbonyl (C=O) groups excluding carboxylic acids is 3. The van der Waals surface area contributed by atoms with Crippen molar-refractivity contribution in [1.29, 1.82) is 0 Å². The van der Waals surface area contributed by atoms with E-state index in [1.807, 2.05) is 6.07 Å². The maximum atomic E-state index is 12.8. The predicted octanol–water partition coefficient (Wildman–Crippen LogP) is 4.10. The number of epoxide rings is 1. The van der Waals surface area contributed by atoms with Crippen molar-refractivity contribution in [3.05, 3.63) is 34.4 Å². The molecule has 2 amide bonds. The van der Waals surface area contributed by atoms with E-state index in [1.54, 1.807) is 6.26 Å². The molecule has 6 rings (SSSR count). The highest BCUT2D eigenvalue weighted by atomic mass is 16.6. The minimum atomic E-state index is -1.21. The number of primary amides is 1. The number of rotatable bonds is 14. The number of carboxylic acid groups (broad SMARTS) is 1. The van der Waals surface area contributed by atoms with Crippen molar-refractivity contribution in [2.75, 3.05) is 0 Å². The Bertz CT molecular complexity index is 1490. The van der Waals surface area contributed by atoms with Crippen LogP contribution >= 0.6 is 0 Å². The van der Waals surface area contributed by atoms with Crippen molar-refractivity contribution in [2.45, 2.75) is 152 Å². The molecule has 5 aliphatic rings. The van der Waals surface area contributed by atoms with E-state index < -0.39 is 29.4 Å². The van der Waals surface area contributed by atoms with Crippen LogP contribution in [0.1, 0.15) is 128 Å². The van der Waals surface area contributed by atoms with E-state index >= 15 is 0 Å². The van der Waals surface area contributed by atoms with Gasteiger partial charge in [0.25, 0.3) is 0 Å². The molecule has 1 aliphatic heterocycles. The number of nitrogens with one attached hydrogen (secondary N) is 1. The maximum absolute atomic E-state index is 12.8. The summed E-state index contributed by atoms with van der Waals surface area (Å²) in [4.78, 5) is 58.8. The average molecular weight is 685 g/mol. The van der Waals surface area contributed by atoms with E-state index in [0.29, 0.717) is 43.9 Å². The maximum Gasteiger partial charge on any atom is 0.335 e. The van der Waals surface area contributed by atoms with Crippen LogP contribution in [0.3, 0.4) is 0 Å². The van der Waals surface area contributed by atoms with Gasteiger partial charge in [0.2, 0.25) is 11.8 Å². The topological polar surface area (TPSA) is 199 Å². The Balaban J connectivity index is 0.952. The van der Waals surface area contributed by atoms with Gasteiger partial charge in [-0.3, -0.25) is 14.4 Å². The van der Waals surface area contributed by atoms with Crippen molar-refractivity contribution >= 4 is 23.8 Å². The number of esters is 1. The standard InChI is InChI=1S/C37H52N2O10/c1-34-16-13-23(48-32(43)8-6-4-3-5-7-30(41)39-27(33(44)45)10-11-29(38)40)20-36(34,46)18-15-25-24(34)14-17-35(2)26(19-28-37(25,35)49-28)22-9-12-31(42)47-21-22/h9,12,21,23-28,46H,3-8,10-11,13-20H2,1-2H3,(H2,38,40)(H,39,41)(H,44,45)/t23-,24-,25+,26+,27-,28+,34+,35+,36-,37+/m0/s1. The smallest absolute Gasteiger partial charge is 0.335 e. The van der Waals surface area contributed by atoms with Crippen LogP contribution in [0.5, 0.6) is 0 Å². The number of ether oxygens (including phenoxy) is 2. The number of carboxylic acids is 1. The third-order valence-electron chi connectivity index (χ3n) is 13.5. The molecule has 1 aromatic rings. The van der Waals surface area contributed by atoms with E-state index in [0.717, 1.165) is 50.5 Å². The zero-order valence-electron chi connectivity index (χ0n) is 28.7. The van der Waals surface area contributed by atoms with Gasteiger partial charge in [-0.2, -0.15) is 0 Å². The molecule has 1 saturated heterocycles. The Hall–Kier alpha value is -3.25. The molecular formula is C37H52N2O10. The van der Waals surface area contributed by atoms with Crippen LogP contribution in [0, 0.1) is 22.7 Å². The van der Waals surface area contributed by atoms with Crippen molar-refractivity contribution in [3.8, 4) is 0 Å². The second-order valence-corrected chi connectivity index (χ2v) is 16.0. The number of nitrogens with two attached hydrogens (primary N) is 1. The summed E-state index contributed by atoms with van der Waals surface area (Å²) in [6.07, 6.45) is 10.8. The van der Waals surface area contributed by atoms with Gasteiger partial charge in [-0.05, 0) is 99.0 Å². The fourth-order valence-corrected chi connectivity index (χ4v) is 10.8. The molecule has 2 heterocycles. The lowest BCUT2D eigenvalue weighted by atomic mass is 9.42. The SMILES string of the molecule is C[C@]12CC[C@H](OC(=O)CCCCCCC(=O)N[C@@H](CCC(N)=O)C(=O)O)C[C@@]1(O)CC[C@@H]1[C@@H]2CC[C@]2(C)[C@@H](c3ccc(=O)oc3)C[C@H]3O[C@]132. The molecular weight excluding hydrogens is 632 g/mol. The molecule has 12 nitrogen and oxygen atoms in total. The summed E-state index contributed by atoms with van der Waals surface area (Å²) in [5, 5.41) is 23.9. The third-order valence-corrected chi connectivity index (χ3v) is 13.5. The number of hydrogen-bond acceptors (Lipinski definition) is 9. The van der Waals surface area contributed by atoms with Gasteiger partial charge in [0.15, 0.2) is 0 Å². The molecule has 4 saturated carbocycles. The van der Waals surface area contributed by atoms with Crippen LogP contribution in [-0.2, 0) is 28.7 Å². The summed E-state index contributed by atoms with van der Waals surface area (Å²) in [6, 6.07) is 2.28. The number of hydrogen-bond donors (Lipinski definition) is 4. The van der Waals surface area contributed by atoms with Crippen molar-refractivity contribution in [2.24, 2.45) is 28.4 Å². The molecule has 10 atom stereocenters. The average Bonchev–Trinajstić information content (AvgIpc) is 3.70. The monoisotopic (exact) mass is 684 g/mol. The van der Waals surface area contributed by atoms with Crippen molar-refractivity contribution in [3.63, 3.8) is 0 Å². The first-order valence-corrected chi connectivity index (χ1v) is 18.2. The van der Waals surface area contributed by atoms with Gasteiger partial charge in [0.05, 0.1) is 18.0 Å². The Kier molecular flexibility index (Phi) is 9.78. The fourth-order valence-electron chi connectivity index (χ4n) is 10.8. The van der Waals surface area contributed by atoms with E-state index in [2.05, 4.69) is 19.2 Å². The lowest BCUT2D eigenvalue weighted by Gasteiger charge is -2.64. The second-order valence-electron chi connectivity index (χ2n) is 16.0. The lowest BCUT2D eigenvalue weighted by molar-refractivity contribution is -0.227. The molecule has 12 heteroatoms. The Morgan fingerprint density at radius 2 is 1.69 bits per heavy atom. The summed E-state index contributed by atoms with van der Waals surface area (Å²) in [5.41, 5.74) is 4.35. The Labute approximate surface area is 286 Å². The van der Waals surface area contributed by atoms with Gasteiger partial charge in [-0.15, -0.1) is 0 Å². The highest BCUT2D eigenvalue weighted by Crippen LogP contribution is 2.78. The summed E-state index contributed by atoms with van der Waals surface area (Å²) in [6.45, 7) is 4.61. The summed E-state index contributed by atoms with van der Waals surface area (Å²) >= 11 is 0. The highest BCUT2D eigenvalue weighted by molar-refractivity contribution is 5.84. The molecule has 0 aromatic carbocycles. The molecule has 4 aliphatic carbocycles. The summed E-state index contributed by atoms with van der Waals surface area (Å²) in [5.74, 6) is -1.54. The molecule has 5 fully saturated rings. The number of fused-ring (bicyclic) bond motifs is 3. The second kappa shape index (κ2) is 13.5. The van der Waals surface area contributed by atoms with Crippen molar-refractivity contribution < 1.29 is 43.3 Å². The van der Waals surface area contributed by atoms with Gasteiger partial charge in [0, 0.05) is 37.2 Å². The quantitative estimate of drug-likeness (QED) is 0.126. The number of carbonyl (C=O) groups is 4. The van der Waals surface area contributed by atoms with Gasteiger partial charge in [-0.25, -0.2) is 9.59 Å². The normalized spacial score (nSPS) is 37.8. The number of aliphatic carboxylic acids is 1. The molecule has 49 heavy (non-hydrogen) atoms. The van der Waals surface area contributed by atoms with Crippen LogP contribution in [0.4, 0.5) is 0 Å².